The zero-order valence-corrected chi connectivity index (χ0v) is 15.1. The second-order valence-corrected chi connectivity index (χ2v) is 6.93. The Bertz CT molecular complexity index is 729. The monoisotopic (exact) mass is 340 g/mol. The highest BCUT2D eigenvalue weighted by atomic mass is 16.5. The van der Waals surface area contributed by atoms with E-state index in [9.17, 15) is 9.59 Å². The van der Waals surface area contributed by atoms with Crippen LogP contribution in [0.4, 0.5) is 5.69 Å². The van der Waals surface area contributed by atoms with Crippen LogP contribution in [0, 0.1) is 6.92 Å². The first-order valence-corrected chi connectivity index (χ1v) is 8.15. The number of nitrogens with one attached hydrogen (secondary N) is 2. The minimum absolute atomic E-state index is 0.0741. The van der Waals surface area contributed by atoms with Gasteiger partial charge in [0.25, 0.3) is 11.8 Å². The van der Waals surface area contributed by atoms with Crippen molar-refractivity contribution < 1.29 is 14.3 Å². The molecule has 0 radical (unpaired) electrons. The number of aryl methyl sites for hydroxylation is 1. The average Bonchev–Trinajstić information content (AvgIpc) is 2.53. The van der Waals surface area contributed by atoms with Crippen LogP contribution in [0.1, 0.15) is 36.7 Å². The predicted molar refractivity (Wildman–Crippen MR) is 99.0 cm³/mol. The Morgan fingerprint density at radius 2 is 1.56 bits per heavy atom. The number of hydrogen-bond donors (Lipinski definition) is 2. The molecule has 0 aliphatic heterocycles. The fourth-order valence-corrected chi connectivity index (χ4v) is 2.10. The second kappa shape index (κ2) is 7.83. The maximum atomic E-state index is 12.1. The standard InChI is InChI=1S/C20H24N2O3/c1-14-5-11-17(12-6-14)25-13-18(23)21-16-9-7-15(8-10-16)19(24)22-20(2,3)4/h5-12H,13H2,1-4H3,(H,21,23)(H,22,24). The zero-order valence-electron chi connectivity index (χ0n) is 15.1. The first kappa shape index (κ1) is 18.5. The summed E-state index contributed by atoms with van der Waals surface area (Å²) in [5.41, 5.74) is 2.00. The van der Waals surface area contributed by atoms with Crippen LogP contribution in [0.5, 0.6) is 5.75 Å². The van der Waals surface area contributed by atoms with E-state index in [0.717, 1.165) is 5.56 Å². The van der Waals surface area contributed by atoms with Gasteiger partial charge in [-0.05, 0) is 64.1 Å². The van der Waals surface area contributed by atoms with Crippen LogP contribution in [-0.4, -0.2) is 24.0 Å². The molecule has 0 saturated heterocycles. The number of carbonyl (C=O) groups is 2. The molecule has 2 rings (SSSR count). The van der Waals surface area contributed by atoms with Crippen molar-refractivity contribution in [3.8, 4) is 5.75 Å². The molecule has 2 amide bonds. The molecular formula is C20H24N2O3. The molecule has 2 aromatic rings. The van der Waals surface area contributed by atoms with Crippen molar-refractivity contribution in [1.82, 2.24) is 5.32 Å². The molecule has 0 aliphatic rings. The molecule has 0 atom stereocenters. The van der Waals surface area contributed by atoms with Gasteiger partial charge in [-0.1, -0.05) is 17.7 Å². The molecule has 0 heterocycles. The van der Waals surface area contributed by atoms with E-state index in [4.69, 9.17) is 4.74 Å². The van der Waals surface area contributed by atoms with Gasteiger partial charge in [-0.3, -0.25) is 9.59 Å². The lowest BCUT2D eigenvalue weighted by atomic mass is 10.1. The Morgan fingerprint density at radius 3 is 2.12 bits per heavy atom. The molecule has 0 spiro atoms. The minimum Gasteiger partial charge on any atom is -0.484 e. The van der Waals surface area contributed by atoms with Crippen LogP contribution >= 0.6 is 0 Å². The van der Waals surface area contributed by atoms with Gasteiger partial charge < -0.3 is 15.4 Å². The summed E-state index contributed by atoms with van der Waals surface area (Å²) in [4.78, 5) is 24.0. The number of ether oxygens (including phenoxy) is 1. The number of anilines is 1. The lowest BCUT2D eigenvalue weighted by Crippen LogP contribution is -2.40. The number of carbonyl (C=O) groups excluding carboxylic acids is 2. The van der Waals surface area contributed by atoms with Gasteiger partial charge in [0, 0.05) is 16.8 Å². The highest BCUT2D eigenvalue weighted by Crippen LogP contribution is 2.13. The van der Waals surface area contributed by atoms with E-state index >= 15 is 0 Å². The summed E-state index contributed by atoms with van der Waals surface area (Å²) < 4.78 is 5.44. The van der Waals surface area contributed by atoms with Gasteiger partial charge in [0.1, 0.15) is 5.75 Å². The second-order valence-electron chi connectivity index (χ2n) is 6.93. The molecular weight excluding hydrogens is 316 g/mol. The minimum atomic E-state index is -0.294. The molecule has 132 valence electrons. The van der Waals surface area contributed by atoms with E-state index in [1.54, 1.807) is 24.3 Å². The molecule has 5 nitrogen and oxygen atoms in total. The average molecular weight is 340 g/mol. The molecule has 0 aliphatic carbocycles. The van der Waals surface area contributed by atoms with Crippen molar-refractivity contribution >= 4 is 17.5 Å². The number of hydrogen-bond acceptors (Lipinski definition) is 3. The first-order chi connectivity index (χ1) is 11.7. The van der Waals surface area contributed by atoms with Crippen molar-refractivity contribution in [2.75, 3.05) is 11.9 Å². The van der Waals surface area contributed by atoms with Gasteiger partial charge in [0.05, 0.1) is 0 Å². The van der Waals surface area contributed by atoms with E-state index in [2.05, 4.69) is 10.6 Å². The lowest BCUT2D eigenvalue weighted by molar-refractivity contribution is -0.118. The van der Waals surface area contributed by atoms with E-state index < -0.39 is 0 Å². The molecule has 2 N–H and O–H groups in total. The summed E-state index contributed by atoms with van der Waals surface area (Å²) in [5.74, 6) is 0.246. The van der Waals surface area contributed by atoms with Crippen molar-refractivity contribution in [3.63, 3.8) is 0 Å². The van der Waals surface area contributed by atoms with Gasteiger partial charge in [-0.15, -0.1) is 0 Å². The smallest absolute Gasteiger partial charge is 0.262 e. The van der Waals surface area contributed by atoms with Crippen LogP contribution in [0.25, 0.3) is 0 Å². The molecule has 0 bridgehead atoms. The quantitative estimate of drug-likeness (QED) is 0.875. The van der Waals surface area contributed by atoms with E-state index in [1.807, 2.05) is 52.0 Å². The first-order valence-electron chi connectivity index (χ1n) is 8.15. The van der Waals surface area contributed by atoms with Crippen LogP contribution < -0.4 is 15.4 Å². The largest absolute Gasteiger partial charge is 0.484 e. The molecule has 0 saturated carbocycles. The summed E-state index contributed by atoms with van der Waals surface area (Å²) in [6, 6.07) is 14.2. The third-order valence-corrected chi connectivity index (χ3v) is 3.31. The molecule has 2 aromatic carbocycles. The van der Waals surface area contributed by atoms with Crippen LogP contribution in [0.2, 0.25) is 0 Å². The Hall–Kier alpha value is -2.82. The highest BCUT2D eigenvalue weighted by Gasteiger charge is 2.15. The Balaban J connectivity index is 1.86. The van der Waals surface area contributed by atoms with Crippen LogP contribution in [-0.2, 0) is 4.79 Å². The molecule has 25 heavy (non-hydrogen) atoms. The van der Waals surface area contributed by atoms with Crippen molar-refractivity contribution in [3.05, 3.63) is 59.7 Å². The van der Waals surface area contributed by atoms with E-state index in [-0.39, 0.29) is 24.0 Å². The van der Waals surface area contributed by atoms with Crippen molar-refractivity contribution in [2.24, 2.45) is 0 Å². The van der Waals surface area contributed by atoms with Crippen molar-refractivity contribution in [2.45, 2.75) is 33.2 Å². The summed E-state index contributed by atoms with van der Waals surface area (Å²) in [5, 5.41) is 5.63. The SMILES string of the molecule is Cc1ccc(OCC(=O)Nc2ccc(C(=O)NC(C)(C)C)cc2)cc1. The zero-order chi connectivity index (χ0) is 18.4. The number of benzene rings is 2. The van der Waals surface area contributed by atoms with Gasteiger partial charge >= 0.3 is 0 Å². The highest BCUT2D eigenvalue weighted by molar-refractivity contribution is 5.96. The number of amides is 2. The Morgan fingerprint density at radius 1 is 0.960 bits per heavy atom. The topological polar surface area (TPSA) is 67.4 Å². The molecule has 0 unspecified atom stereocenters. The maximum absolute atomic E-state index is 12.1. The lowest BCUT2D eigenvalue weighted by Gasteiger charge is -2.20. The third kappa shape index (κ3) is 6.30. The third-order valence-electron chi connectivity index (χ3n) is 3.31. The molecule has 0 fully saturated rings. The maximum Gasteiger partial charge on any atom is 0.262 e. The van der Waals surface area contributed by atoms with Gasteiger partial charge in [0.2, 0.25) is 0 Å². The summed E-state index contributed by atoms with van der Waals surface area (Å²) >= 11 is 0. The molecule has 5 heteroatoms. The van der Waals surface area contributed by atoms with Crippen LogP contribution in [0.3, 0.4) is 0 Å². The van der Waals surface area contributed by atoms with Gasteiger partial charge in [-0.2, -0.15) is 0 Å². The summed E-state index contributed by atoms with van der Waals surface area (Å²) in [6.07, 6.45) is 0. The normalized spacial score (nSPS) is 10.9. The predicted octanol–water partition coefficient (Wildman–Crippen LogP) is 3.54. The van der Waals surface area contributed by atoms with E-state index in [1.165, 1.54) is 0 Å². The summed E-state index contributed by atoms with van der Waals surface area (Å²) in [7, 11) is 0. The van der Waals surface area contributed by atoms with Gasteiger partial charge in [0.15, 0.2) is 6.61 Å². The van der Waals surface area contributed by atoms with E-state index in [0.29, 0.717) is 17.0 Å². The van der Waals surface area contributed by atoms with Crippen LogP contribution in [0.15, 0.2) is 48.5 Å². The fourth-order valence-electron chi connectivity index (χ4n) is 2.10. The number of rotatable bonds is 5. The van der Waals surface area contributed by atoms with Crippen molar-refractivity contribution in [1.29, 1.82) is 0 Å². The van der Waals surface area contributed by atoms with Gasteiger partial charge in [-0.25, -0.2) is 0 Å². The Labute approximate surface area is 148 Å². The molecule has 0 aromatic heterocycles. The Kier molecular flexibility index (Phi) is 5.80. The summed E-state index contributed by atoms with van der Waals surface area (Å²) in [6.45, 7) is 7.69. The fraction of sp³-hybridized carbons (Fsp3) is 0.300.